The van der Waals surface area contributed by atoms with Gasteiger partial charge in [-0.3, -0.25) is 9.59 Å². The van der Waals surface area contributed by atoms with Crippen LogP contribution in [0.5, 0.6) is 5.88 Å². The number of para-hydroxylation sites is 2. The van der Waals surface area contributed by atoms with Crippen LogP contribution < -0.4 is 5.32 Å². The van der Waals surface area contributed by atoms with Crippen molar-refractivity contribution in [2.45, 2.75) is 0 Å². The first-order chi connectivity index (χ1) is 13.1. The number of anilines is 1. The van der Waals surface area contributed by atoms with Gasteiger partial charge in [-0.2, -0.15) is 0 Å². The predicted molar refractivity (Wildman–Crippen MR) is 105 cm³/mol. The molecule has 4 rings (SSSR count). The Bertz CT molecular complexity index is 1150. The highest BCUT2D eigenvalue weighted by Gasteiger charge is 2.25. The number of benzene rings is 3. The number of hydrogen-bond donors (Lipinski definition) is 3. The Labute approximate surface area is 155 Å². The zero-order chi connectivity index (χ0) is 18.8. The van der Waals surface area contributed by atoms with Gasteiger partial charge in [0.15, 0.2) is 0 Å². The third-order valence-electron chi connectivity index (χ3n) is 4.38. The molecule has 1 amide bonds. The Balaban J connectivity index is 1.67. The molecule has 0 radical (unpaired) electrons. The molecule has 4 aromatic rings. The maximum absolute atomic E-state index is 12.7. The first-order valence-corrected chi connectivity index (χ1v) is 8.45. The highest BCUT2D eigenvalue weighted by Crippen LogP contribution is 2.30. The Morgan fingerprint density at radius 2 is 1.48 bits per heavy atom. The predicted octanol–water partition coefficient (Wildman–Crippen LogP) is 4.36. The first kappa shape index (κ1) is 16.6. The van der Waals surface area contributed by atoms with Gasteiger partial charge in [0, 0.05) is 22.2 Å². The van der Waals surface area contributed by atoms with Gasteiger partial charge in [-0.05, 0) is 17.7 Å². The number of rotatable bonds is 4. The van der Waals surface area contributed by atoms with Crippen LogP contribution in [0.25, 0.3) is 22.0 Å². The molecule has 3 N–H and O–H groups in total. The van der Waals surface area contributed by atoms with Crippen LogP contribution in [0.15, 0.2) is 78.9 Å². The molecule has 0 unspecified atom stereocenters. The Morgan fingerprint density at radius 3 is 2.30 bits per heavy atom. The highest BCUT2D eigenvalue weighted by atomic mass is 16.3. The van der Waals surface area contributed by atoms with E-state index in [1.54, 1.807) is 36.4 Å². The fraction of sp³-hybridized carbons (Fsp3) is 0. The maximum Gasteiger partial charge on any atom is 0.297 e. The van der Waals surface area contributed by atoms with Gasteiger partial charge in [0.2, 0.25) is 5.88 Å². The molecule has 0 saturated heterocycles. The molecular formula is C22H16N2O3. The summed E-state index contributed by atoms with van der Waals surface area (Å²) in [4.78, 5) is 28.0. The van der Waals surface area contributed by atoms with Gasteiger partial charge in [-0.25, -0.2) is 0 Å². The Kier molecular flexibility index (Phi) is 4.18. The quantitative estimate of drug-likeness (QED) is 0.375. The highest BCUT2D eigenvalue weighted by molar-refractivity contribution is 6.49. The minimum Gasteiger partial charge on any atom is -0.494 e. The summed E-state index contributed by atoms with van der Waals surface area (Å²) in [5, 5.41) is 13.3. The summed E-state index contributed by atoms with van der Waals surface area (Å²) in [6, 6.07) is 23.8. The molecule has 3 aromatic carbocycles. The summed E-state index contributed by atoms with van der Waals surface area (Å²) in [7, 11) is 0. The molecule has 1 heterocycles. The second-order valence-electron chi connectivity index (χ2n) is 6.09. The molecule has 27 heavy (non-hydrogen) atoms. The van der Waals surface area contributed by atoms with Gasteiger partial charge in [0.1, 0.15) is 0 Å². The fourth-order valence-electron chi connectivity index (χ4n) is 3.11. The van der Waals surface area contributed by atoms with Crippen LogP contribution in [0, 0.1) is 0 Å². The fourth-order valence-corrected chi connectivity index (χ4v) is 3.11. The first-order valence-electron chi connectivity index (χ1n) is 8.45. The van der Waals surface area contributed by atoms with Gasteiger partial charge in [-0.1, -0.05) is 66.7 Å². The molecule has 0 bridgehead atoms. The second kappa shape index (κ2) is 6.80. The molecule has 0 fully saturated rings. The number of carbonyl (C=O) groups is 2. The van der Waals surface area contributed by atoms with Crippen LogP contribution in [0.1, 0.15) is 10.4 Å². The molecule has 0 atom stereocenters. The Morgan fingerprint density at radius 1 is 0.815 bits per heavy atom. The molecule has 0 aliphatic heterocycles. The standard InChI is InChI=1S/C22H16N2O3/c25-20(19-16-11-5-7-13-18(16)23-21(19)26)22(27)24-17-12-6-4-10-15(17)14-8-2-1-3-9-14/h1-13,23,26H,(H,24,27). The summed E-state index contributed by atoms with van der Waals surface area (Å²) >= 11 is 0. The van der Waals surface area contributed by atoms with Gasteiger partial charge in [0.05, 0.1) is 5.56 Å². The van der Waals surface area contributed by atoms with Crippen molar-refractivity contribution >= 4 is 28.3 Å². The van der Waals surface area contributed by atoms with Crippen LogP contribution in [0.4, 0.5) is 5.69 Å². The van der Waals surface area contributed by atoms with Crippen molar-refractivity contribution < 1.29 is 14.7 Å². The van der Waals surface area contributed by atoms with Crippen molar-refractivity contribution in [3.05, 3.63) is 84.4 Å². The minimum absolute atomic E-state index is 0.0275. The zero-order valence-electron chi connectivity index (χ0n) is 14.3. The van der Waals surface area contributed by atoms with E-state index in [9.17, 15) is 14.7 Å². The van der Waals surface area contributed by atoms with E-state index in [1.807, 2.05) is 42.5 Å². The van der Waals surface area contributed by atoms with E-state index in [4.69, 9.17) is 0 Å². The van der Waals surface area contributed by atoms with Crippen molar-refractivity contribution in [2.75, 3.05) is 5.32 Å². The normalized spacial score (nSPS) is 10.7. The number of Topliss-reactive ketones (excluding diaryl/α,β-unsaturated/α-hetero) is 1. The topological polar surface area (TPSA) is 82.2 Å². The molecule has 5 nitrogen and oxygen atoms in total. The number of aromatic nitrogens is 1. The number of carbonyl (C=O) groups excluding carboxylic acids is 2. The number of aromatic hydroxyl groups is 1. The van der Waals surface area contributed by atoms with Gasteiger partial charge in [0.25, 0.3) is 11.7 Å². The van der Waals surface area contributed by atoms with Gasteiger partial charge < -0.3 is 15.4 Å². The van der Waals surface area contributed by atoms with E-state index < -0.39 is 11.7 Å². The average Bonchev–Trinajstić information content (AvgIpc) is 3.04. The molecule has 1 aromatic heterocycles. The lowest BCUT2D eigenvalue weighted by Crippen LogP contribution is -2.23. The summed E-state index contributed by atoms with van der Waals surface area (Å²) in [6.45, 7) is 0. The summed E-state index contributed by atoms with van der Waals surface area (Å²) < 4.78 is 0. The van der Waals surface area contributed by atoms with Crippen molar-refractivity contribution in [2.24, 2.45) is 0 Å². The minimum atomic E-state index is -0.807. The lowest BCUT2D eigenvalue weighted by Gasteiger charge is -2.10. The molecule has 0 spiro atoms. The smallest absolute Gasteiger partial charge is 0.297 e. The summed E-state index contributed by atoms with van der Waals surface area (Å²) in [5.74, 6) is -1.92. The largest absolute Gasteiger partial charge is 0.494 e. The number of H-pyrrole nitrogens is 1. The number of amides is 1. The zero-order valence-corrected chi connectivity index (χ0v) is 14.3. The Hall–Kier alpha value is -3.86. The second-order valence-corrected chi connectivity index (χ2v) is 6.09. The average molecular weight is 356 g/mol. The van der Waals surface area contributed by atoms with E-state index in [0.717, 1.165) is 11.1 Å². The molecule has 0 aliphatic rings. The number of ketones is 1. The van der Waals surface area contributed by atoms with Crippen LogP contribution in [0.3, 0.4) is 0 Å². The maximum atomic E-state index is 12.7. The van der Waals surface area contributed by atoms with Gasteiger partial charge >= 0.3 is 0 Å². The molecule has 0 aliphatic carbocycles. The van der Waals surface area contributed by atoms with Crippen molar-refractivity contribution in [1.29, 1.82) is 0 Å². The van der Waals surface area contributed by atoms with Crippen molar-refractivity contribution in [3.63, 3.8) is 0 Å². The van der Waals surface area contributed by atoms with Crippen LogP contribution in [-0.4, -0.2) is 21.8 Å². The van der Waals surface area contributed by atoms with E-state index in [1.165, 1.54) is 0 Å². The summed E-state index contributed by atoms with van der Waals surface area (Å²) in [5.41, 5.74) is 2.83. The number of fused-ring (bicyclic) bond motifs is 1. The number of hydrogen-bond acceptors (Lipinski definition) is 3. The van der Waals surface area contributed by atoms with E-state index in [2.05, 4.69) is 10.3 Å². The monoisotopic (exact) mass is 356 g/mol. The third kappa shape index (κ3) is 3.06. The van der Waals surface area contributed by atoms with Crippen LogP contribution >= 0.6 is 0 Å². The lowest BCUT2D eigenvalue weighted by atomic mass is 10.0. The van der Waals surface area contributed by atoms with Crippen LogP contribution in [-0.2, 0) is 4.79 Å². The van der Waals surface area contributed by atoms with E-state index in [0.29, 0.717) is 16.6 Å². The lowest BCUT2D eigenvalue weighted by molar-refractivity contribution is -0.112. The van der Waals surface area contributed by atoms with Crippen molar-refractivity contribution in [3.8, 4) is 17.0 Å². The number of nitrogens with one attached hydrogen (secondary N) is 2. The van der Waals surface area contributed by atoms with Gasteiger partial charge in [-0.15, -0.1) is 0 Å². The third-order valence-corrected chi connectivity index (χ3v) is 4.38. The molecular weight excluding hydrogens is 340 g/mol. The molecule has 132 valence electrons. The van der Waals surface area contributed by atoms with E-state index >= 15 is 0 Å². The molecule has 0 saturated carbocycles. The van der Waals surface area contributed by atoms with E-state index in [-0.39, 0.29) is 11.4 Å². The van der Waals surface area contributed by atoms with Crippen molar-refractivity contribution in [1.82, 2.24) is 4.98 Å². The number of aromatic amines is 1. The van der Waals surface area contributed by atoms with Crippen LogP contribution in [0.2, 0.25) is 0 Å². The molecule has 5 heteroatoms. The SMILES string of the molecule is O=C(Nc1ccccc1-c1ccccc1)C(=O)c1c(O)[nH]c2ccccc12. The summed E-state index contributed by atoms with van der Waals surface area (Å²) in [6.07, 6.45) is 0.